The van der Waals surface area contributed by atoms with Crippen molar-refractivity contribution in [2.75, 3.05) is 0 Å². The predicted octanol–water partition coefficient (Wildman–Crippen LogP) is 6.63. The Morgan fingerprint density at radius 3 is 1.39 bits per heavy atom. The highest BCUT2D eigenvalue weighted by Gasteiger charge is 2.24. The highest BCUT2D eigenvalue weighted by atomic mass is 79.9. The molecule has 2 nitrogen and oxygen atoms in total. The SMILES string of the molecule is Brc1cc2c(cc1Br)Oc1c(Br)ccc(Br)c1O2. The number of hydrogen-bond donors (Lipinski definition) is 0. The third-order valence-electron chi connectivity index (χ3n) is 2.43. The van der Waals surface area contributed by atoms with Crippen molar-refractivity contribution in [3.63, 3.8) is 0 Å². The molecule has 3 rings (SSSR count). The van der Waals surface area contributed by atoms with Crippen LogP contribution in [0, 0.1) is 0 Å². The Labute approximate surface area is 137 Å². The highest BCUT2D eigenvalue weighted by Crippen LogP contribution is 2.52. The minimum absolute atomic E-state index is 0.672. The van der Waals surface area contributed by atoms with Crippen molar-refractivity contribution in [1.29, 1.82) is 0 Å². The Balaban J connectivity index is 2.17. The molecule has 0 atom stereocenters. The molecule has 0 N–H and O–H groups in total. The van der Waals surface area contributed by atoms with Gasteiger partial charge < -0.3 is 9.47 Å². The average molecular weight is 500 g/mol. The van der Waals surface area contributed by atoms with Gasteiger partial charge in [-0.3, -0.25) is 0 Å². The molecule has 0 spiro atoms. The minimum Gasteiger partial charge on any atom is -0.448 e. The van der Waals surface area contributed by atoms with Crippen molar-refractivity contribution >= 4 is 63.7 Å². The van der Waals surface area contributed by atoms with E-state index in [0.29, 0.717) is 23.0 Å². The van der Waals surface area contributed by atoms with E-state index >= 15 is 0 Å². The molecule has 0 radical (unpaired) electrons. The molecule has 0 saturated heterocycles. The van der Waals surface area contributed by atoms with E-state index in [4.69, 9.17) is 9.47 Å². The molecule has 0 bridgehead atoms. The second kappa shape index (κ2) is 4.81. The van der Waals surface area contributed by atoms with Crippen LogP contribution >= 0.6 is 63.7 Å². The largest absolute Gasteiger partial charge is 0.448 e. The minimum atomic E-state index is 0.672. The van der Waals surface area contributed by atoms with Gasteiger partial charge in [-0.2, -0.15) is 0 Å². The maximum Gasteiger partial charge on any atom is 0.185 e. The van der Waals surface area contributed by atoms with Crippen molar-refractivity contribution in [2.24, 2.45) is 0 Å². The first-order valence-corrected chi connectivity index (χ1v) is 8.06. The maximum absolute atomic E-state index is 5.87. The number of benzene rings is 2. The van der Waals surface area contributed by atoms with E-state index in [0.717, 1.165) is 17.9 Å². The van der Waals surface area contributed by atoms with E-state index in [1.807, 2.05) is 24.3 Å². The smallest absolute Gasteiger partial charge is 0.185 e. The van der Waals surface area contributed by atoms with Crippen LogP contribution < -0.4 is 9.47 Å². The molecule has 2 aromatic carbocycles. The lowest BCUT2D eigenvalue weighted by Crippen LogP contribution is -2.00. The Hall–Kier alpha value is -0.0400. The summed E-state index contributed by atoms with van der Waals surface area (Å²) in [5.74, 6) is 2.70. The van der Waals surface area contributed by atoms with Gasteiger partial charge in [-0.05, 0) is 75.9 Å². The first-order chi connectivity index (χ1) is 8.56. The van der Waals surface area contributed by atoms with Crippen molar-refractivity contribution in [1.82, 2.24) is 0 Å². The fraction of sp³-hybridized carbons (Fsp3) is 0. The topological polar surface area (TPSA) is 18.5 Å². The Kier molecular flexibility index (Phi) is 3.47. The van der Waals surface area contributed by atoms with Crippen LogP contribution in [0.4, 0.5) is 0 Å². The van der Waals surface area contributed by atoms with Gasteiger partial charge in [-0.25, -0.2) is 0 Å². The van der Waals surface area contributed by atoms with Gasteiger partial charge in [0.05, 0.1) is 8.95 Å². The van der Waals surface area contributed by atoms with Gasteiger partial charge in [0.25, 0.3) is 0 Å². The molecule has 18 heavy (non-hydrogen) atoms. The van der Waals surface area contributed by atoms with Crippen LogP contribution in [0.1, 0.15) is 0 Å². The van der Waals surface area contributed by atoms with Gasteiger partial charge in [0.2, 0.25) is 0 Å². The third-order valence-corrected chi connectivity index (χ3v) is 5.52. The Morgan fingerprint density at radius 1 is 0.611 bits per heavy atom. The molecule has 0 amide bonds. The van der Waals surface area contributed by atoms with Crippen molar-refractivity contribution in [2.45, 2.75) is 0 Å². The number of hydrogen-bond acceptors (Lipinski definition) is 2. The molecule has 0 fully saturated rings. The molecular weight excluding hydrogens is 496 g/mol. The van der Waals surface area contributed by atoms with Crippen LogP contribution in [-0.4, -0.2) is 0 Å². The van der Waals surface area contributed by atoms with E-state index in [1.165, 1.54) is 0 Å². The molecule has 92 valence electrons. The number of fused-ring (bicyclic) bond motifs is 2. The maximum atomic E-state index is 5.87. The molecule has 0 aliphatic carbocycles. The summed E-state index contributed by atoms with van der Waals surface area (Å²) in [7, 11) is 0. The van der Waals surface area contributed by atoms with E-state index in [1.54, 1.807) is 0 Å². The standard InChI is InChI=1S/C12H4Br4O2/c13-5-1-2-6(14)12-11(5)17-9-3-7(15)8(16)4-10(9)18-12/h1-4H. The lowest BCUT2D eigenvalue weighted by molar-refractivity contribution is 0.355. The van der Waals surface area contributed by atoms with Crippen LogP contribution in [0.25, 0.3) is 0 Å². The number of halogens is 4. The van der Waals surface area contributed by atoms with Crippen LogP contribution in [0.15, 0.2) is 42.2 Å². The summed E-state index contributed by atoms with van der Waals surface area (Å²) in [5.41, 5.74) is 0. The van der Waals surface area contributed by atoms with Gasteiger partial charge in [0.1, 0.15) is 0 Å². The zero-order chi connectivity index (χ0) is 12.9. The van der Waals surface area contributed by atoms with Crippen LogP contribution in [0.5, 0.6) is 23.0 Å². The summed E-state index contributed by atoms with van der Waals surface area (Å²) in [6.07, 6.45) is 0. The summed E-state index contributed by atoms with van der Waals surface area (Å²) >= 11 is 13.8. The molecule has 0 aromatic heterocycles. The second-order valence-electron chi connectivity index (χ2n) is 3.60. The van der Waals surface area contributed by atoms with Gasteiger partial charge in [-0.15, -0.1) is 0 Å². The average Bonchev–Trinajstić information content (AvgIpc) is 2.34. The molecule has 6 heteroatoms. The Morgan fingerprint density at radius 2 is 1.00 bits per heavy atom. The summed E-state index contributed by atoms with van der Waals surface area (Å²) in [4.78, 5) is 0. The summed E-state index contributed by atoms with van der Waals surface area (Å²) in [6.45, 7) is 0. The number of ether oxygens (including phenoxy) is 2. The van der Waals surface area contributed by atoms with E-state index < -0.39 is 0 Å². The molecule has 0 saturated carbocycles. The van der Waals surface area contributed by atoms with Crippen molar-refractivity contribution in [3.05, 3.63) is 42.2 Å². The zero-order valence-corrected chi connectivity index (χ0v) is 15.0. The van der Waals surface area contributed by atoms with E-state index in [-0.39, 0.29) is 0 Å². The second-order valence-corrected chi connectivity index (χ2v) is 7.02. The molecule has 0 unspecified atom stereocenters. The van der Waals surface area contributed by atoms with Gasteiger partial charge in [0, 0.05) is 21.1 Å². The van der Waals surface area contributed by atoms with Gasteiger partial charge in [-0.1, -0.05) is 0 Å². The molecule has 1 heterocycles. The zero-order valence-electron chi connectivity index (χ0n) is 8.64. The summed E-state index contributed by atoms with van der Waals surface area (Å²) in [5, 5.41) is 0. The normalized spacial score (nSPS) is 12.2. The Bertz CT molecular complexity index is 599. The molecular formula is C12H4Br4O2. The number of rotatable bonds is 0. The predicted molar refractivity (Wildman–Crippen MR) is 83.8 cm³/mol. The first kappa shape index (κ1) is 13.0. The van der Waals surface area contributed by atoms with Crippen LogP contribution in [-0.2, 0) is 0 Å². The van der Waals surface area contributed by atoms with Crippen molar-refractivity contribution in [3.8, 4) is 23.0 Å². The molecule has 2 aromatic rings. The fourth-order valence-corrected chi connectivity index (χ4v) is 3.03. The van der Waals surface area contributed by atoms with Crippen LogP contribution in [0.3, 0.4) is 0 Å². The van der Waals surface area contributed by atoms with Crippen LogP contribution in [0.2, 0.25) is 0 Å². The highest BCUT2D eigenvalue weighted by molar-refractivity contribution is 9.13. The third kappa shape index (κ3) is 2.13. The first-order valence-electron chi connectivity index (χ1n) is 4.89. The monoisotopic (exact) mass is 496 g/mol. The van der Waals surface area contributed by atoms with Gasteiger partial charge >= 0.3 is 0 Å². The summed E-state index contributed by atoms with van der Waals surface area (Å²) in [6, 6.07) is 7.56. The fourth-order valence-electron chi connectivity index (χ4n) is 1.59. The lowest BCUT2D eigenvalue weighted by atomic mass is 10.2. The quantitative estimate of drug-likeness (QED) is 0.345. The lowest BCUT2D eigenvalue weighted by Gasteiger charge is -2.23. The van der Waals surface area contributed by atoms with Crippen molar-refractivity contribution < 1.29 is 9.47 Å². The molecule has 1 aliphatic rings. The van der Waals surface area contributed by atoms with E-state index in [2.05, 4.69) is 63.7 Å². The van der Waals surface area contributed by atoms with E-state index in [9.17, 15) is 0 Å². The molecule has 1 aliphatic heterocycles. The van der Waals surface area contributed by atoms with Gasteiger partial charge in [0.15, 0.2) is 23.0 Å². The summed E-state index contributed by atoms with van der Waals surface area (Å²) < 4.78 is 15.3.